The second-order valence-electron chi connectivity index (χ2n) is 6.05. The highest BCUT2D eigenvalue weighted by molar-refractivity contribution is 5.56. The molecule has 0 spiro atoms. The fraction of sp³-hybridized carbons (Fsp3) is 0.625. The van der Waals surface area contributed by atoms with E-state index in [1.54, 1.807) is 19.1 Å². The van der Waals surface area contributed by atoms with Crippen LogP contribution in [0.25, 0.3) is 0 Å². The predicted molar refractivity (Wildman–Crippen MR) is 78.9 cm³/mol. The van der Waals surface area contributed by atoms with E-state index < -0.39 is 6.10 Å². The van der Waals surface area contributed by atoms with E-state index in [0.29, 0.717) is 23.1 Å². The predicted octanol–water partition coefficient (Wildman–Crippen LogP) is 4.00. The third-order valence-corrected chi connectivity index (χ3v) is 2.96. The Labute approximate surface area is 116 Å². The van der Waals surface area contributed by atoms with Crippen LogP contribution >= 0.6 is 0 Å². The van der Waals surface area contributed by atoms with Gasteiger partial charge in [0.25, 0.3) is 0 Å². The van der Waals surface area contributed by atoms with Gasteiger partial charge in [-0.3, -0.25) is 0 Å². The summed E-state index contributed by atoms with van der Waals surface area (Å²) in [5, 5.41) is 9.85. The molecule has 0 aromatic heterocycles. The fourth-order valence-corrected chi connectivity index (χ4v) is 2.34. The zero-order valence-corrected chi connectivity index (χ0v) is 12.7. The number of halogens is 1. The molecule has 0 radical (unpaired) electrons. The molecule has 0 amide bonds. The topological polar surface area (TPSA) is 23.5 Å². The number of aliphatic hydroxyl groups is 1. The molecule has 19 heavy (non-hydrogen) atoms. The number of aliphatic hydroxyl groups excluding tert-OH is 1. The van der Waals surface area contributed by atoms with Gasteiger partial charge in [0.2, 0.25) is 0 Å². The Bertz CT molecular complexity index is 392. The molecule has 0 unspecified atom stereocenters. The van der Waals surface area contributed by atoms with Crippen molar-refractivity contribution >= 4 is 5.69 Å². The number of anilines is 1. The van der Waals surface area contributed by atoms with Crippen molar-refractivity contribution in [2.24, 2.45) is 11.8 Å². The summed E-state index contributed by atoms with van der Waals surface area (Å²) in [5.74, 6) is 0.639. The second kappa shape index (κ2) is 6.90. The third-order valence-electron chi connectivity index (χ3n) is 2.96. The summed E-state index contributed by atoms with van der Waals surface area (Å²) in [5.41, 5.74) is 1.22. The van der Waals surface area contributed by atoms with E-state index in [9.17, 15) is 9.50 Å². The van der Waals surface area contributed by atoms with Crippen molar-refractivity contribution in [3.63, 3.8) is 0 Å². The van der Waals surface area contributed by atoms with Gasteiger partial charge in [-0.25, -0.2) is 4.39 Å². The zero-order valence-electron chi connectivity index (χ0n) is 12.7. The first-order valence-corrected chi connectivity index (χ1v) is 7.04. The van der Waals surface area contributed by atoms with Crippen LogP contribution in [0.5, 0.6) is 0 Å². The van der Waals surface area contributed by atoms with Gasteiger partial charge < -0.3 is 10.0 Å². The maximum Gasteiger partial charge on any atom is 0.146 e. The molecule has 1 aromatic carbocycles. The minimum Gasteiger partial charge on any atom is -0.389 e. The van der Waals surface area contributed by atoms with Crippen molar-refractivity contribution in [2.45, 2.75) is 40.7 Å². The molecule has 0 aliphatic carbocycles. The molecule has 2 nitrogen and oxygen atoms in total. The largest absolute Gasteiger partial charge is 0.389 e. The minimum atomic E-state index is -0.660. The van der Waals surface area contributed by atoms with Crippen LogP contribution in [0.4, 0.5) is 10.1 Å². The van der Waals surface area contributed by atoms with Crippen molar-refractivity contribution in [1.29, 1.82) is 0 Å². The second-order valence-corrected chi connectivity index (χ2v) is 6.05. The molecule has 0 aliphatic rings. The Morgan fingerprint density at radius 1 is 1.05 bits per heavy atom. The summed E-state index contributed by atoms with van der Waals surface area (Å²) in [4.78, 5) is 2.06. The number of para-hydroxylation sites is 1. The van der Waals surface area contributed by atoms with E-state index in [0.717, 1.165) is 13.1 Å². The monoisotopic (exact) mass is 267 g/mol. The van der Waals surface area contributed by atoms with Crippen LogP contribution in [0.1, 0.15) is 46.3 Å². The van der Waals surface area contributed by atoms with Gasteiger partial charge in [-0.2, -0.15) is 0 Å². The fourth-order valence-electron chi connectivity index (χ4n) is 2.34. The number of nitrogens with zero attached hydrogens (tertiary/aromatic N) is 1. The smallest absolute Gasteiger partial charge is 0.146 e. The number of benzene rings is 1. The van der Waals surface area contributed by atoms with E-state index in [4.69, 9.17) is 0 Å². The highest BCUT2D eigenvalue weighted by Crippen LogP contribution is 2.30. The summed E-state index contributed by atoms with van der Waals surface area (Å²) in [7, 11) is 0. The van der Waals surface area contributed by atoms with Gasteiger partial charge in [-0.15, -0.1) is 0 Å². The Morgan fingerprint density at radius 3 is 2.00 bits per heavy atom. The van der Waals surface area contributed by atoms with Crippen LogP contribution in [-0.2, 0) is 0 Å². The standard InChI is InChI=1S/C16H26FNO/c1-11(2)9-18(10-12(3)4)16-14(13(5)19)7-6-8-15(16)17/h6-8,11-13,19H,9-10H2,1-5H3/t13-/m0/s1. The molecule has 0 fully saturated rings. The third kappa shape index (κ3) is 4.50. The first-order valence-electron chi connectivity index (χ1n) is 7.04. The van der Waals surface area contributed by atoms with E-state index >= 15 is 0 Å². The molecule has 1 N–H and O–H groups in total. The van der Waals surface area contributed by atoms with Crippen LogP contribution in [0, 0.1) is 17.7 Å². The molecule has 0 bridgehead atoms. The molecular formula is C16H26FNO. The van der Waals surface area contributed by atoms with Gasteiger partial charge in [0, 0.05) is 18.7 Å². The van der Waals surface area contributed by atoms with Crippen LogP contribution in [0.3, 0.4) is 0 Å². The summed E-state index contributed by atoms with van der Waals surface area (Å²) in [6.45, 7) is 11.7. The van der Waals surface area contributed by atoms with Gasteiger partial charge in [-0.05, 0) is 24.8 Å². The SMILES string of the molecule is CC(C)CN(CC(C)C)c1c(F)cccc1[C@H](C)O. The van der Waals surface area contributed by atoms with E-state index in [1.165, 1.54) is 6.07 Å². The van der Waals surface area contributed by atoms with Crippen LogP contribution in [0.2, 0.25) is 0 Å². The van der Waals surface area contributed by atoms with Crippen LogP contribution in [0.15, 0.2) is 18.2 Å². The Balaban J connectivity index is 3.19. The lowest BCUT2D eigenvalue weighted by molar-refractivity contribution is 0.199. The van der Waals surface area contributed by atoms with Gasteiger partial charge in [-0.1, -0.05) is 39.8 Å². The molecule has 0 heterocycles. The molecule has 3 heteroatoms. The van der Waals surface area contributed by atoms with E-state index in [-0.39, 0.29) is 5.82 Å². The van der Waals surface area contributed by atoms with Gasteiger partial charge in [0.15, 0.2) is 0 Å². The summed E-state index contributed by atoms with van der Waals surface area (Å²) in [6, 6.07) is 4.93. The quantitative estimate of drug-likeness (QED) is 0.842. The lowest BCUT2D eigenvalue weighted by Gasteiger charge is -2.31. The van der Waals surface area contributed by atoms with Crippen molar-refractivity contribution in [2.75, 3.05) is 18.0 Å². The normalized spacial score (nSPS) is 13.1. The summed E-state index contributed by atoms with van der Waals surface area (Å²) < 4.78 is 14.2. The summed E-state index contributed by atoms with van der Waals surface area (Å²) >= 11 is 0. The molecular weight excluding hydrogens is 241 g/mol. The average Bonchev–Trinajstić information content (AvgIpc) is 2.26. The Hall–Kier alpha value is -1.09. The Kier molecular flexibility index (Phi) is 5.80. The highest BCUT2D eigenvalue weighted by atomic mass is 19.1. The maximum atomic E-state index is 14.2. The number of rotatable bonds is 6. The van der Waals surface area contributed by atoms with Crippen molar-refractivity contribution in [3.8, 4) is 0 Å². The first-order chi connectivity index (χ1) is 8.82. The molecule has 1 aromatic rings. The molecule has 0 saturated heterocycles. The van der Waals surface area contributed by atoms with E-state index in [1.807, 2.05) is 0 Å². The number of hydrogen-bond donors (Lipinski definition) is 1. The zero-order chi connectivity index (χ0) is 14.6. The molecule has 1 atom stereocenters. The minimum absolute atomic E-state index is 0.250. The Morgan fingerprint density at radius 2 is 1.58 bits per heavy atom. The summed E-state index contributed by atoms with van der Waals surface area (Å²) in [6.07, 6.45) is -0.660. The van der Waals surface area contributed by atoms with Gasteiger partial charge in [0.1, 0.15) is 5.82 Å². The van der Waals surface area contributed by atoms with Crippen molar-refractivity contribution < 1.29 is 9.50 Å². The first kappa shape index (κ1) is 16.0. The van der Waals surface area contributed by atoms with Gasteiger partial charge in [0.05, 0.1) is 11.8 Å². The van der Waals surface area contributed by atoms with Crippen LogP contribution in [-0.4, -0.2) is 18.2 Å². The lowest BCUT2D eigenvalue weighted by Crippen LogP contribution is -2.33. The maximum absolute atomic E-state index is 14.2. The lowest BCUT2D eigenvalue weighted by atomic mass is 10.0. The average molecular weight is 267 g/mol. The van der Waals surface area contributed by atoms with E-state index in [2.05, 4.69) is 32.6 Å². The molecule has 1 rings (SSSR count). The van der Waals surface area contributed by atoms with Crippen molar-refractivity contribution in [1.82, 2.24) is 0 Å². The molecule has 0 saturated carbocycles. The number of hydrogen-bond acceptors (Lipinski definition) is 2. The van der Waals surface area contributed by atoms with Crippen molar-refractivity contribution in [3.05, 3.63) is 29.6 Å². The van der Waals surface area contributed by atoms with Crippen LogP contribution < -0.4 is 4.90 Å². The highest BCUT2D eigenvalue weighted by Gasteiger charge is 2.20. The van der Waals surface area contributed by atoms with Gasteiger partial charge >= 0.3 is 0 Å². The molecule has 108 valence electrons. The molecule has 0 aliphatic heterocycles.